The van der Waals surface area contributed by atoms with E-state index in [-0.39, 0.29) is 17.4 Å². The van der Waals surface area contributed by atoms with E-state index in [9.17, 15) is 9.90 Å². The molecular weight excluding hydrogens is 424 g/mol. The van der Waals surface area contributed by atoms with Gasteiger partial charge >= 0.3 is 4.34 Å². The number of thioether (sulfide) groups is 2. The van der Waals surface area contributed by atoms with Gasteiger partial charge in [-0.3, -0.25) is 4.79 Å². The molecule has 0 fully saturated rings. The Bertz CT molecular complexity index is 1000. The zero-order valence-electron chi connectivity index (χ0n) is 16.0. The van der Waals surface area contributed by atoms with E-state index in [1.54, 1.807) is 30.8 Å². The van der Waals surface area contributed by atoms with E-state index >= 15 is 0 Å². The number of benzene rings is 2. The molecule has 1 aromatic heterocycles. The molecule has 0 atom stereocenters. The second kappa shape index (κ2) is 10.4. The third kappa shape index (κ3) is 6.88. The lowest BCUT2D eigenvalue weighted by Crippen LogP contribution is -2.21. The number of hydrogen-bond donors (Lipinski definition) is 1. The fourth-order valence-corrected chi connectivity index (χ4v) is 5.11. The number of aromatic nitrogens is 2. The number of amides is 1. The summed E-state index contributed by atoms with van der Waals surface area (Å²) in [5.74, 6) is 0.760. The number of aromatic amines is 1. The van der Waals surface area contributed by atoms with E-state index in [2.05, 4.69) is 51.9 Å². The largest absolute Gasteiger partial charge is 0.872 e. The van der Waals surface area contributed by atoms with Crippen molar-refractivity contribution in [2.45, 2.75) is 28.3 Å². The van der Waals surface area contributed by atoms with Crippen molar-refractivity contribution < 1.29 is 15.0 Å². The lowest BCUT2D eigenvalue weighted by molar-refractivity contribution is -0.492. The third-order valence-electron chi connectivity index (χ3n) is 3.84. The summed E-state index contributed by atoms with van der Waals surface area (Å²) in [7, 11) is 0. The molecule has 0 aliphatic rings. The molecule has 0 bridgehead atoms. The zero-order chi connectivity index (χ0) is 20.6. The van der Waals surface area contributed by atoms with Crippen molar-refractivity contribution >= 4 is 46.5 Å². The predicted octanol–water partition coefficient (Wildman–Crippen LogP) is 3.26. The van der Waals surface area contributed by atoms with Crippen LogP contribution in [0.1, 0.15) is 23.6 Å². The number of nitrogens with one attached hydrogen (secondary N) is 2. The first-order valence-corrected chi connectivity index (χ1v) is 11.6. The average Bonchev–Trinajstić information content (AvgIpc) is 3.18. The highest BCUT2D eigenvalue weighted by Crippen LogP contribution is 2.28. The van der Waals surface area contributed by atoms with Crippen LogP contribution in [0.3, 0.4) is 0 Å². The second-order valence-corrected chi connectivity index (χ2v) is 9.67. The molecule has 3 rings (SSSR count). The van der Waals surface area contributed by atoms with Crippen molar-refractivity contribution in [3.05, 3.63) is 65.2 Å². The Hall–Kier alpha value is -2.36. The van der Waals surface area contributed by atoms with Crippen LogP contribution < -0.4 is 15.6 Å². The molecule has 1 heterocycles. The molecule has 0 aliphatic heterocycles. The van der Waals surface area contributed by atoms with Gasteiger partial charge in [0.1, 0.15) is 0 Å². The Morgan fingerprint density at radius 2 is 2.03 bits per heavy atom. The third-order valence-corrected chi connectivity index (χ3v) is 7.16. The summed E-state index contributed by atoms with van der Waals surface area (Å²) in [6.07, 6.45) is 0. The number of rotatable bonds is 8. The normalized spacial score (nSPS) is 11.4. The molecule has 6 nitrogen and oxygen atoms in total. The number of hydrogen-bond acceptors (Lipinski definition) is 7. The molecule has 0 radical (unpaired) electrons. The van der Waals surface area contributed by atoms with Crippen molar-refractivity contribution in [3.63, 3.8) is 0 Å². The smallest absolute Gasteiger partial charge is 0.323 e. The van der Waals surface area contributed by atoms with Crippen molar-refractivity contribution in [1.82, 2.24) is 10.5 Å². The topological polar surface area (TPSA) is 91.6 Å². The molecule has 0 saturated carbocycles. The molecule has 0 spiro atoms. The summed E-state index contributed by atoms with van der Waals surface area (Å²) in [6, 6.07) is 14.9. The Morgan fingerprint density at radius 1 is 1.24 bits per heavy atom. The average molecular weight is 445 g/mol. The summed E-state index contributed by atoms with van der Waals surface area (Å²) < 4.78 is 1.80. The van der Waals surface area contributed by atoms with Crippen molar-refractivity contribution in [2.75, 3.05) is 5.75 Å². The Balaban J connectivity index is 1.44. The first-order chi connectivity index (χ1) is 14.0. The van der Waals surface area contributed by atoms with Gasteiger partial charge in [-0.2, -0.15) is 5.10 Å². The number of aryl methyl sites for hydroxylation is 1. The molecule has 150 valence electrons. The van der Waals surface area contributed by atoms with Crippen LogP contribution in [0, 0.1) is 6.92 Å². The highest BCUT2D eigenvalue weighted by molar-refractivity contribution is 8.03. The summed E-state index contributed by atoms with van der Waals surface area (Å²) in [4.78, 5) is 12.0. The van der Waals surface area contributed by atoms with Crippen molar-refractivity contribution in [2.24, 2.45) is 5.10 Å². The predicted molar refractivity (Wildman–Crippen MR) is 116 cm³/mol. The fourth-order valence-electron chi connectivity index (χ4n) is 2.26. The van der Waals surface area contributed by atoms with Crippen LogP contribution in [0.15, 0.2) is 62.3 Å². The van der Waals surface area contributed by atoms with Gasteiger partial charge in [0.05, 0.1) is 11.5 Å². The number of nitrogens with zero attached hydrogens (tertiary/aromatic N) is 2. The summed E-state index contributed by atoms with van der Waals surface area (Å²) >= 11 is 4.57. The molecular formula is C20H20N4O2S3. The molecule has 2 N–H and O–H groups in total. The van der Waals surface area contributed by atoms with Crippen LogP contribution in [0.2, 0.25) is 0 Å². The van der Waals surface area contributed by atoms with Gasteiger partial charge in [-0.05, 0) is 48.1 Å². The Morgan fingerprint density at radius 3 is 2.79 bits per heavy atom. The maximum atomic E-state index is 12.0. The lowest BCUT2D eigenvalue weighted by atomic mass is 10.1. The van der Waals surface area contributed by atoms with E-state index in [1.165, 1.54) is 46.4 Å². The van der Waals surface area contributed by atoms with Crippen LogP contribution in [0.25, 0.3) is 0 Å². The number of H-pyrrole nitrogens is 1. The van der Waals surface area contributed by atoms with Crippen LogP contribution in [0.5, 0.6) is 5.75 Å². The molecule has 0 aliphatic carbocycles. The minimum atomic E-state index is -0.225. The quantitative estimate of drug-likeness (QED) is 0.327. The number of carbonyl (C=O) groups excluding carboxylic acids is 1. The van der Waals surface area contributed by atoms with E-state index in [1.807, 2.05) is 0 Å². The minimum absolute atomic E-state index is 0.0880. The van der Waals surface area contributed by atoms with E-state index in [0.717, 1.165) is 14.4 Å². The molecule has 0 saturated heterocycles. The van der Waals surface area contributed by atoms with Gasteiger partial charge in [-0.25, -0.2) is 5.43 Å². The Labute approximate surface area is 181 Å². The first kappa shape index (κ1) is 21.4. The number of carbonyl (C=O) groups is 1. The highest BCUT2D eigenvalue weighted by atomic mass is 32.2. The summed E-state index contributed by atoms with van der Waals surface area (Å²) in [6.45, 7) is 3.82. The van der Waals surface area contributed by atoms with Gasteiger partial charge in [-0.15, -0.1) is 5.75 Å². The van der Waals surface area contributed by atoms with E-state index < -0.39 is 0 Å². The number of hydrazone groups is 1. The first-order valence-electron chi connectivity index (χ1n) is 8.80. The Kier molecular flexibility index (Phi) is 7.68. The van der Waals surface area contributed by atoms with Gasteiger partial charge in [0.2, 0.25) is 4.34 Å². The molecule has 29 heavy (non-hydrogen) atoms. The van der Waals surface area contributed by atoms with E-state index in [4.69, 9.17) is 0 Å². The molecule has 0 unspecified atom stereocenters. The molecule has 1 amide bonds. The van der Waals surface area contributed by atoms with Gasteiger partial charge < -0.3 is 5.11 Å². The van der Waals surface area contributed by atoms with E-state index in [0.29, 0.717) is 11.3 Å². The zero-order valence-corrected chi connectivity index (χ0v) is 18.4. The SMILES string of the molecule is C/C(=N\NC(=O)CSc1n[nH+]c(SCc2ccc(C)cc2)s1)c1cccc([O-])c1. The van der Waals surface area contributed by atoms with Crippen LogP contribution in [-0.2, 0) is 10.5 Å². The van der Waals surface area contributed by atoms with Crippen LogP contribution >= 0.6 is 34.9 Å². The molecule has 9 heteroatoms. The van der Waals surface area contributed by atoms with Crippen molar-refractivity contribution in [1.29, 1.82) is 0 Å². The van der Waals surface area contributed by atoms with Crippen molar-refractivity contribution in [3.8, 4) is 5.75 Å². The second-order valence-electron chi connectivity index (χ2n) is 6.20. The maximum Gasteiger partial charge on any atom is 0.323 e. The highest BCUT2D eigenvalue weighted by Gasteiger charge is 2.14. The summed E-state index contributed by atoms with van der Waals surface area (Å²) in [5, 5.41) is 22.7. The van der Waals surface area contributed by atoms with Crippen LogP contribution in [-0.4, -0.2) is 22.5 Å². The van der Waals surface area contributed by atoms with Gasteiger partial charge in [0, 0.05) is 10.9 Å². The minimum Gasteiger partial charge on any atom is -0.872 e. The molecule has 2 aromatic carbocycles. The van der Waals surface area contributed by atoms with Gasteiger partial charge in [-0.1, -0.05) is 71.0 Å². The van der Waals surface area contributed by atoms with Gasteiger partial charge in [0.25, 0.3) is 5.91 Å². The summed E-state index contributed by atoms with van der Waals surface area (Å²) in [5.41, 5.74) is 6.29. The standard InChI is InChI=1S/C20H20N4O2S3/c1-13-6-8-15(9-7-13)11-27-19-23-24-20(29-19)28-12-18(26)22-21-14(2)16-4-3-5-17(25)10-16/h3-10,25H,11-12H2,1-2H3,(H,22,26)/b21-14+. The molecule has 3 aromatic rings. The van der Waals surface area contributed by atoms with Crippen LogP contribution in [0.4, 0.5) is 0 Å². The monoisotopic (exact) mass is 444 g/mol. The van der Waals surface area contributed by atoms with Gasteiger partial charge in [0.15, 0.2) is 0 Å². The maximum absolute atomic E-state index is 12.0. The lowest BCUT2D eigenvalue weighted by Gasteiger charge is -2.07. The fraction of sp³-hybridized carbons (Fsp3) is 0.200.